The summed E-state index contributed by atoms with van der Waals surface area (Å²) in [5.41, 5.74) is -0.760. The maximum Gasteiger partial charge on any atom is 0.374 e. The van der Waals surface area contributed by atoms with Gasteiger partial charge in [0.15, 0.2) is 0 Å². The molecule has 0 N–H and O–H groups in total. The van der Waals surface area contributed by atoms with Crippen LogP contribution in [0.2, 0.25) is 0 Å². The summed E-state index contributed by atoms with van der Waals surface area (Å²) in [6, 6.07) is 0. The molecule has 2 rings (SSSR count). The molecule has 0 bridgehead atoms. The number of carbonyl (C=O) groups is 4. The molecule has 7 nitrogen and oxygen atoms in total. The first-order valence-corrected chi connectivity index (χ1v) is 9.17. The molecular weight excluding hydrogens is 364 g/mol. The predicted molar refractivity (Wildman–Crippen MR) is 99.6 cm³/mol. The van der Waals surface area contributed by atoms with E-state index < -0.39 is 41.4 Å². The molecule has 7 heteroatoms. The quantitative estimate of drug-likeness (QED) is 0.239. The van der Waals surface area contributed by atoms with E-state index in [4.69, 9.17) is 14.2 Å². The lowest BCUT2D eigenvalue weighted by Gasteiger charge is -2.38. The van der Waals surface area contributed by atoms with Gasteiger partial charge in [0, 0.05) is 30.3 Å². The van der Waals surface area contributed by atoms with Gasteiger partial charge < -0.3 is 14.2 Å². The molecule has 0 aromatic heterocycles. The van der Waals surface area contributed by atoms with Crippen molar-refractivity contribution in [2.75, 3.05) is 0 Å². The van der Waals surface area contributed by atoms with Crippen LogP contribution >= 0.6 is 0 Å². The van der Waals surface area contributed by atoms with Crippen LogP contribution in [0.4, 0.5) is 0 Å². The molecule has 0 radical (unpaired) electrons. The number of fused-ring (bicyclic) bond motifs is 1. The second-order valence-electron chi connectivity index (χ2n) is 7.51. The summed E-state index contributed by atoms with van der Waals surface area (Å²) in [4.78, 5) is 48.8. The van der Waals surface area contributed by atoms with Crippen molar-refractivity contribution in [3.05, 3.63) is 36.6 Å². The number of hydrogen-bond donors (Lipinski definition) is 0. The first-order chi connectivity index (χ1) is 13.0. The summed E-state index contributed by atoms with van der Waals surface area (Å²) in [6.45, 7) is 13.8. The van der Waals surface area contributed by atoms with Gasteiger partial charge >= 0.3 is 17.9 Å². The van der Waals surface area contributed by atoms with E-state index in [9.17, 15) is 19.2 Å². The number of hydrogen-bond acceptors (Lipinski definition) is 7. The monoisotopic (exact) mass is 390 g/mol. The Kier molecular flexibility index (Phi) is 6.27. The fraction of sp³-hybridized carbons (Fsp3) is 0.524. The third-order valence-corrected chi connectivity index (χ3v) is 5.37. The van der Waals surface area contributed by atoms with E-state index in [0.717, 1.165) is 0 Å². The second-order valence-corrected chi connectivity index (χ2v) is 7.51. The summed E-state index contributed by atoms with van der Waals surface area (Å²) in [6.07, 6.45) is 1.77. The van der Waals surface area contributed by atoms with Crippen molar-refractivity contribution in [1.82, 2.24) is 0 Å². The Bertz CT molecular complexity index is 763. The highest BCUT2D eigenvalue weighted by molar-refractivity contribution is 5.93. The molecule has 0 amide bonds. The average Bonchev–Trinajstić information content (AvgIpc) is 2.90. The maximum absolute atomic E-state index is 12.9. The van der Waals surface area contributed by atoms with E-state index >= 15 is 0 Å². The average molecular weight is 390 g/mol. The van der Waals surface area contributed by atoms with Crippen molar-refractivity contribution in [2.24, 2.45) is 17.3 Å². The summed E-state index contributed by atoms with van der Waals surface area (Å²) >= 11 is 0. The van der Waals surface area contributed by atoms with E-state index in [0.29, 0.717) is 6.42 Å². The fourth-order valence-electron chi connectivity index (χ4n) is 3.84. The molecule has 2 aliphatic rings. The highest BCUT2D eigenvalue weighted by Gasteiger charge is 2.51. The van der Waals surface area contributed by atoms with E-state index in [1.54, 1.807) is 13.8 Å². The second kappa shape index (κ2) is 8.12. The van der Waals surface area contributed by atoms with Gasteiger partial charge in [-0.2, -0.15) is 0 Å². The van der Waals surface area contributed by atoms with Gasteiger partial charge in [-0.15, -0.1) is 6.58 Å². The Balaban J connectivity index is 2.41. The number of rotatable bonds is 4. The topological polar surface area (TPSA) is 96.0 Å². The van der Waals surface area contributed by atoms with Gasteiger partial charge in [-0.25, -0.2) is 9.59 Å². The molecule has 1 aliphatic heterocycles. The summed E-state index contributed by atoms with van der Waals surface area (Å²) in [7, 11) is 0. The van der Waals surface area contributed by atoms with E-state index in [1.807, 2.05) is 0 Å². The summed E-state index contributed by atoms with van der Waals surface area (Å²) < 4.78 is 15.9. The highest BCUT2D eigenvalue weighted by atomic mass is 16.6. The Hall–Kier alpha value is -2.70. The summed E-state index contributed by atoms with van der Waals surface area (Å²) in [5, 5.41) is 0. The van der Waals surface area contributed by atoms with Crippen LogP contribution in [-0.4, -0.2) is 35.9 Å². The Morgan fingerprint density at radius 1 is 1.32 bits per heavy atom. The van der Waals surface area contributed by atoms with Gasteiger partial charge in [0.25, 0.3) is 0 Å². The smallest absolute Gasteiger partial charge is 0.374 e. The van der Waals surface area contributed by atoms with Crippen LogP contribution in [0, 0.1) is 17.3 Å². The van der Waals surface area contributed by atoms with Crippen LogP contribution in [-0.2, 0) is 33.4 Å². The largest absolute Gasteiger partial charge is 0.458 e. The summed E-state index contributed by atoms with van der Waals surface area (Å²) in [5.74, 6) is -3.38. The SMILES string of the molecule is C=CC1(C)CC(OC(=O)C(=CC)OC(C)=O)C2C(=C)C(=O)OC2CC(C)C1=O. The molecule has 1 heterocycles. The van der Waals surface area contributed by atoms with E-state index in [2.05, 4.69) is 13.2 Å². The minimum absolute atomic E-state index is 0.0678. The zero-order chi connectivity index (χ0) is 21.2. The van der Waals surface area contributed by atoms with Crippen molar-refractivity contribution < 1.29 is 33.4 Å². The van der Waals surface area contributed by atoms with E-state index in [1.165, 1.54) is 26.0 Å². The van der Waals surface area contributed by atoms with Crippen molar-refractivity contribution in [3.8, 4) is 0 Å². The van der Waals surface area contributed by atoms with E-state index in [-0.39, 0.29) is 29.5 Å². The molecule has 1 saturated heterocycles. The minimum Gasteiger partial charge on any atom is -0.458 e. The normalized spacial score (nSPS) is 33.3. The van der Waals surface area contributed by atoms with Crippen LogP contribution in [0.5, 0.6) is 0 Å². The fourth-order valence-corrected chi connectivity index (χ4v) is 3.84. The standard InChI is InChI=1S/C21H26O7/c1-7-14(26-13(5)22)20(25)28-16-10-21(6,8-2)18(23)11(3)9-15-17(16)12(4)19(24)27-15/h7-8,11,15-17H,2,4,9-10H2,1,3,5-6H3. The van der Waals surface area contributed by atoms with Crippen molar-refractivity contribution >= 4 is 23.7 Å². The maximum atomic E-state index is 12.9. The zero-order valence-electron chi connectivity index (χ0n) is 16.7. The molecule has 28 heavy (non-hydrogen) atoms. The van der Waals surface area contributed by atoms with Crippen molar-refractivity contribution in [3.63, 3.8) is 0 Å². The molecule has 1 saturated carbocycles. The Morgan fingerprint density at radius 2 is 1.96 bits per heavy atom. The molecule has 5 atom stereocenters. The molecular formula is C21H26O7. The molecule has 0 spiro atoms. The first kappa shape index (κ1) is 21.6. The molecule has 0 aromatic carbocycles. The Morgan fingerprint density at radius 3 is 2.50 bits per heavy atom. The van der Waals surface area contributed by atoms with Crippen LogP contribution in [0.3, 0.4) is 0 Å². The molecule has 5 unspecified atom stereocenters. The third kappa shape index (κ3) is 4.08. The van der Waals surface area contributed by atoms with Gasteiger partial charge in [0.1, 0.15) is 18.0 Å². The minimum atomic E-state index is -0.960. The Labute approximate surface area is 164 Å². The third-order valence-electron chi connectivity index (χ3n) is 5.37. The lowest BCUT2D eigenvalue weighted by molar-refractivity contribution is -0.161. The number of ether oxygens (including phenoxy) is 3. The predicted octanol–water partition coefficient (Wildman–Crippen LogP) is 2.65. The van der Waals surface area contributed by atoms with Crippen molar-refractivity contribution in [1.29, 1.82) is 0 Å². The molecule has 1 aliphatic carbocycles. The van der Waals surface area contributed by atoms with Gasteiger partial charge in [0.2, 0.25) is 5.76 Å². The first-order valence-electron chi connectivity index (χ1n) is 9.17. The number of allylic oxidation sites excluding steroid dienone is 2. The van der Waals surface area contributed by atoms with Gasteiger partial charge in [-0.1, -0.05) is 19.6 Å². The molecule has 152 valence electrons. The lowest BCUT2D eigenvalue weighted by Crippen LogP contribution is -2.45. The number of esters is 3. The molecule has 0 aromatic rings. The molecule has 2 fully saturated rings. The highest BCUT2D eigenvalue weighted by Crippen LogP contribution is 2.44. The zero-order valence-corrected chi connectivity index (χ0v) is 16.7. The number of carbonyl (C=O) groups excluding carboxylic acids is 4. The van der Waals surface area contributed by atoms with Crippen LogP contribution in [0.1, 0.15) is 40.5 Å². The van der Waals surface area contributed by atoms with Crippen LogP contribution < -0.4 is 0 Å². The van der Waals surface area contributed by atoms with Crippen LogP contribution in [0.15, 0.2) is 36.6 Å². The number of ketones is 1. The van der Waals surface area contributed by atoms with Gasteiger partial charge in [-0.3, -0.25) is 9.59 Å². The lowest BCUT2D eigenvalue weighted by atomic mass is 9.68. The van der Waals surface area contributed by atoms with Crippen molar-refractivity contribution in [2.45, 2.75) is 52.7 Å². The van der Waals surface area contributed by atoms with Gasteiger partial charge in [-0.05, 0) is 26.3 Å². The van der Waals surface area contributed by atoms with Gasteiger partial charge in [0.05, 0.1) is 5.92 Å². The van der Waals surface area contributed by atoms with Crippen LogP contribution in [0.25, 0.3) is 0 Å². The number of Topliss-reactive ketones (excluding diaryl/α,β-unsaturated/α-hetero) is 1.